The monoisotopic (exact) mass is 287 g/mol. The lowest BCUT2D eigenvalue weighted by Gasteiger charge is -2.26. The summed E-state index contributed by atoms with van der Waals surface area (Å²) in [6.45, 7) is 6.60. The third-order valence-corrected chi connectivity index (χ3v) is 4.38. The highest BCUT2D eigenvalue weighted by Crippen LogP contribution is 2.26. The number of nitrogens with zero attached hydrogens (tertiary/aromatic N) is 2. The van der Waals surface area contributed by atoms with Crippen LogP contribution in [0, 0.1) is 12.3 Å². The highest BCUT2D eigenvalue weighted by atomic mass is 35.5. The van der Waals surface area contributed by atoms with Gasteiger partial charge in [0.05, 0.1) is 21.8 Å². The summed E-state index contributed by atoms with van der Waals surface area (Å²) < 4.78 is 1.73. The van der Waals surface area contributed by atoms with Crippen molar-refractivity contribution in [1.29, 1.82) is 0 Å². The number of carbonyl (C=O) groups is 1. The molecule has 5 nitrogen and oxygen atoms in total. The van der Waals surface area contributed by atoms with Crippen LogP contribution in [-0.4, -0.2) is 27.4 Å². The predicted octanol–water partition coefficient (Wildman–Crippen LogP) is 2.36. The zero-order chi connectivity index (χ0) is 14.6. The van der Waals surface area contributed by atoms with Crippen molar-refractivity contribution in [2.24, 2.45) is 12.5 Å². The summed E-state index contributed by atoms with van der Waals surface area (Å²) in [6, 6.07) is 0. The summed E-state index contributed by atoms with van der Waals surface area (Å²) in [6.07, 6.45) is 1.20. The van der Waals surface area contributed by atoms with E-state index in [9.17, 15) is 9.90 Å². The quantitative estimate of drug-likeness (QED) is 0.808. The molecule has 0 aliphatic heterocycles. The van der Waals surface area contributed by atoms with Crippen LogP contribution in [0.4, 0.5) is 0 Å². The van der Waals surface area contributed by atoms with Gasteiger partial charge in [-0.1, -0.05) is 25.4 Å². The first kappa shape index (κ1) is 16.0. The van der Waals surface area contributed by atoms with Gasteiger partial charge in [0.15, 0.2) is 0 Å². The summed E-state index contributed by atoms with van der Waals surface area (Å²) in [5, 5.41) is 17.4. The van der Waals surface area contributed by atoms with Crippen LogP contribution in [0.2, 0.25) is 5.02 Å². The molecule has 19 heavy (non-hydrogen) atoms. The van der Waals surface area contributed by atoms with Gasteiger partial charge < -0.3 is 10.4 Å². The second-order valence-electron chi connectivity index (χ2n) is 4.87. The molecule has 1 rings (SSSR count). The van der Waals surface area contributed by atoms with Crippen molar-refractivity contribution in [1.82, 2.24) is 15.1 Å². The molecule has 1 aromatic heterocycles. The average Bonchev–Trinajstić information content (AvgIpc) is 2.62. The van der Waals surface area contributed by atoms with Crippen molar-refractivity contribution in [3.63, 3.8) is 0 Å². The van der Waals surface area contributed by atoms with Crippen LogP contribution in [-0.2, 0) is 18.4 Å². The first-order chi connectivity index (χ1) is 8.88. The maximum atomic E-state index is 11.4. The number of halogens is 1. The first-order valence-corrected chi connectivity index (χ1v) is 6.87. The van der Waals surface area contributed by atoms with Gasteiger partial charge in [0.1, 0.15) is 0 Å². The molecule has 0 aliphatic rings. The molecule has 1 aromatic rings. The van der Waals surface area contributed by atoms with Crippen LogP contribution < -0.4 is 5.32 Å². The van der Waals surface area contributed by atoms with E-state index in [1.165, 1.54) is 0 Å². The Balaban J connectivity index is 2.67. The Hall–Kier alpha value is -1.07. The molecule has 1 heterocycles. The van der Waals surface area contributed by atoms with E-state index in [1.54, 1.807) is 4.68 Å². The molecule has 2 N–H and O–H groups in total. The minimum absolute atomic E-state index is 0.418. The highest BCUT2D eigenvalue weighted by Gasteiger charge is 2.34. The first-order valence-electron chi connectivity index (χ1n) is 6.50. The van der Waals surface area contributed by atoms with Gasteiger partial charge in [-0.3, -0.25) is 9.48 Å². The normalized spacial score (nSPS) is 11.8. The third-order valence-electron chi connectivity index (χ3n) is 3.89. The second-order valence-corrected chi connectivity index (χ2v) is 5.24. The zero-order valence-corrected chi connectivity index (χ0v) is 12.7. The van der Waals surface area contributed by atoms with Crippen molar-refractivity contribution in [3.8, 4) is 0 Å². The van der Waals surface area contributed by atoms with Crippen LogP contribution in [0.15, 0.2) is 0 Å². The molecule has 0 saturated heterocycles. The van der Waals surface area contributed by atoms with Crippen LogP contribution in [0.3, 0.4) is 0 Å². The van der Waals surface area contributed by atoms with Crippen LogP contribution in [0.25, 0.3) is 0 Å². The van der Waals surface area contributed by atoms with Gasteiger partial charge in [-0.2, -0.15) is 5.10 Å². The Bertz CT molecular complexity index is 453. The van der Waals surface area contributed by atoms with Gasteiger partial charge in [0.2, 0.25) is 0 Å². The minimum Gasteiger partial charge on any atom is -0.481 e. The molecule has 0 radical (unpaired) electrons. The van der Waals surface area contributed by atoms with Crippen LogP contribution in [0.5, 0.6) is 0 Å². The maximum absolute atomic E-state index is 11.4. The lowest BCUT2D eigenvalue weighted by atomic mass is 9.82. The Morgan fingerprint density at radius 2 is 2.05 bits per heavy atom. The van der Waals surface area contributed by atoms with Gasteiger partial charge in [0.25, 0.3) is 0 Å². The fourth-order valence-electron chi connectivity index (χ4n) is 2.06. The van der Waals surface area contributed by atoms with Crippen molar-refractivity contribution in [2.45, 2.75) is 40.2 Å². The number of carboxylic acids is 1. The zero-order valence-electron chi connectivity index (χ0n) is 12.0. The summed E-state index contributed by atoms with van der Waals surface area (Å²) in [4.78, 5) is 11.4. The number of hydrogen-bond acceptors (Lipinski definition) is 3. The Morgan fingerprint density at radius 1 is 1.47 bits per heavy atom. The van der Waals surface area contributed by atoms with Crippen LogP contribution >= 0.6 is 11.6 Å². The number of aliphatic carboxylic acids is 1. The molecule has 0 unspecified atom stereocenters. The number of aromatic nitrogens is 2. The van der Waals surface area contributed by atoms with Gasteiger partial charge in [-0.05, 0) is 19.8 Å². The van der Waals surface area contributed by atoms with E-state index in [-0.39, 0.29) is 0 Å². The molecule has 0 amide bonds. The third kappa shape index (κ3) is 3.28. The smallest absolute Gasteiger partial charge is 0.310 e. The predicted molar refractivity (Wildman–Crippen MR) is 75.3 cm³/mol. The number of hydrogen-bond donors (Lipinski definition) is 2. The lowest BCUT2D eigenvalue weighted by molar-refractivity contribution is -0.149. The summed E-state index contributed by atoms with van der Waals surface area (Å²) in [5.74, 6) is -0.756. The van der Waals surface area contributed by atoms with E-state index >= 15 is 0 Å². The van der Waals surface area contributed by atoms with Gasteiger partial charge >= 0.3 is 5.97 Å². The van der Waals surface area contributed by atoms with E-state index < -0.39 is 11.4 Å². The minimum atomic E-state index is -0.756. The van der Waals surface area contributed by atoms with E-state index in [2.05, 4.69) is 10.4 Å². The Morgan fingerprint density at radius 3 is 2.42 bits per heavy atom. The summed E-state index contributed by atoms with van der Waals surface area (Å²) in [7, 11) is 1.84. The van der Waals surface area contributed by atoms with Crippen molar-refractivity contribution in [3.05, 3.63) is 16.4 Å². The molecule has 0 aliphatic carbocycles. The van der Waals surface area contributed by atoms with E-state index in [4.69, 9.17) is 11.6 Å². The maximum Gasteiger partial charge on any atom is 0.310 e. The lowest BCUT2D eigenvalue weighted by Crippen LogP contribution is -2.40. The van der Waals surface area contributed by atoms with Crippen molar-refractivity contribution >= 4 is 17.6 Å². The van der Waals surface area contributed by atoms with E-state index in [0.717, 1.165) is 11.4 Å². The van der Waals surface area contributed by atoms with E-state index in [0.29, 0.717) is 31.0 Å². The molecular weight excluding hydrogens is 266 g/mol. The summed E-state index contributed by atoms with van der Waals surface area (Å²) >= 11 is 6.15. The largest absolute Gasteiger partial charge is 0.481 e. The standard InChI is InChI=1S/C13H22ClN3O2/c1-5-13(6-2,12(18)19)8-15-7-10-11(14)9(3)17(4)16-10/h15H,5-8H2,1-4H3,(H,18,19). The van der Waals surface area contributed by atoms with Gasteiger partial charge in [-0.25, -0.2) is 0 Å². The summed E-state index contributed by atoms with van der Waals surface area (Å²) in [5.41, 5.74) is 0.957. The molecular formula is C13H22ClN3O2. The molecule has 0 aromatic carbocycles. The van der Waals surface area contributed by atoms with E-state index in [1.807, 2.05) is 27.8 Å². The Kier molecular flexibility index (Phi) is 5.38. The molecule has 0 fully saturated rings. The SMILES string of the molecule is CCC(CC)(CNCc1nn(C)c(C)c1Cl)C(=O)O. The molecule has 0 saturated carbocycles. The molecule has 0 atom stereocenters. The van der Waals surface area contributed by atoms with Crippen molar-refractivity contribution in [2.75, 3.05) is 6.54 Å². The highest BCUT2D eigenvalue weighted by molar-refractivity contribution is 6.31. The van der Waals surface area contributed by atoms with Crippen molar-refractivity contribution < 1.29 is 9.90 Å². The fourth-order valence-corrected chi connectivity index (χ4v) is 2.29. The number of aryl methyl sites for hydroxylation is 1. The molecule has 6 heteroatoms. The second kappa shape index (κ2) is 6.39. The molecule has 0 bridgehead atoms. The fraction of sp³-hybridized carbons (Fsp3) is 0.692. The topological polar surface area (TPSA) is 67.2 Å². The van der Waals surface area contributed by atoms with Gasteiger partial charge in [-0.15, -0.1) is 0 Å². The molecule has 0 spiro atoms. The average molecular weight is 288 g/mol. The number of rotatable bonds is 7. The number of carboxylic acid groups (broad SMARTS) is 1. The van der Waals surface area contributed by atoms with Crippen LogP contribution in [0.1, 0.15) is 38.1 Å². The molecule has 108 valence electrons. The Labute approximate surface area is 118 Å². The number of nitrogens with one attached hydrogen (secondary N) is 1. The van der Waals surface area contributed by atoms with Gasteiger partial charge in [0, 0.05) is 20.1 Å².